The van der Waals surface area contributed by atoms with Gasteiger partial charge in [-0.15, -0.1) is 0 Å². The Kier molecular flexibility index (Phi) is 7.38. The fraction of sp³-hybridized carbons (Fsp3) is 0.250. The Morgan fingerprint density at radius 1 is 0.971 bits per heavy atom. The Balaban J connectivity index is 1.64. The van der Waals surface area contributed by atoms with Gasteiger partial charge in [0.2, 0.25) is 5.75 Å². The number of amides is 1. The van der Waals surface area contributed by atoms with Crippen LogP contribution < -0.4 is 15.6 Å². The fourth-order valence-electron chi connectivity index (χ4n) is 3.85. The van der Waals surface area contributed by atoms with Crippen molar-refractivity contribution in [3.63, 3.8) is 0 Å². The lowest BCUT2D eigenvalue weighted by Crippen LogP contribution is -2.31. The highest BCUT2D eigenvalue weighted by atomic mass is 16.5. The van der Waals surface area contributed by atoms with Gasteiger partial charge in [-0.05, 0) is 28.8 Å². The predicted molar refractivity (Wildman–Crippen MR) is 135 cm³/mol. The standard InChI is InChI=1S/C28H29N3O3/c1-3-4-10-17-34-25-24(30-26(31(2)28(25)33)22-12-6-5-7-13-22)27(32)29-19-20-15-16-21-11-8-9-14-23(21)18-20/h5-9,11-16,18H,3-4,10,17,19H2,1-2H3,(H,29,32). The summed E-state index contributed by atoms with van der Waals surface area (Å²) in [5.74, 6) is -0.0230. The van der Waals surface area contributed by atoms with Gasteiger partial charge < -0.3 is 10.1 Å². The van der Waals surface area contributed by atoms with E-state index in [1.807, 2.05) is 66.7 Å². The van der Waals surface area contributed by atoms with Gasteiger partial charge in [0.15, 0.2) is 5.69 Å². The zero-order valence-corrected chi connectivity index (χ0v) is 19.6. The molecule has 0 aliphatic carbocycles. The molecule has 0 aliphatic heterocycles. The van der Waals surface area contributed by atoms with Crippen molar-refractivity contribution in [3.8, 4) is 17.1 Å². The molecule has 6 heteroatoms. The largest absolute Gasteiger partial charge is 0.486 e. The average Bonchev–Trinajstić information content (AvgIpc) is 2.88. The first kappa shape index (κ1) is 23.2. The minimum atomic E-state index is -0.437. The maximum absolute atomic E-state index is 13.2. The van der Waals surface area contributed by atoms with Crippen molar-refractivity contribution in [2.45, 2.75) is 32.7 Å². The van der Waals surface area contributed by atoms with Gasteiger partial charge in [0.1, 0.15) is 5.82 Å². The summed E-state index contributed by atoms with van der Waals surface area (Å²) in [6.07, 6.45) is 2.82. The van der Waals surface area contributed by atoms with Crippen molar-refractivity contribution >= 4 is 16.7 Å². The molecule has 1 N–H and O–H groups in total. The number of nitrogens with one attached hydrogen (secondary N) is 1. The number of unbranched alkanes of at least 4 members (excludes halogenated alkanes) is 2. The first-order valence-corrected chi connectivity index (χ1v) is 11.6. The third-order valence-corrected chi connectivity index (χ3v) is 5.76. The molecule has 0 fully saturated rings. The highest BCUT2D eigenvalue weighted by Gasteiger charge is 2.22. The molecule has 3 aromatic carbocycles. The third-order valence-electron chi connectivity index (χ3n) is 5.76. The van der Waals surface area contributed by atoms with E-state index in [9.17, 15) is 9.59 Å². The Morgan fingerprint density at radius 2 is 1.71 bits per heavy atom. The smallest absolute Gasteiger partial charge is 0.296 e. The van der Waals surface area contributed by atoms with E-state index in [-0.39, 0.29) is 17.0 Å². The first-order valence-electron chi connectivity index (χ1n) is 11.6. The van der Waals surface area contributed by atoms with Crippen molar-refractivity contribution in [2.24, 2.45) is 7.05 Å². The van der Waals surface area contributed by atoms with Crippen molar-refractivity contribution in [1.29, 1.82) is 0 Å². The number of rotatable bonds is 9. The summed E-state index contributed by atoms with van der Waals surface area (Å²) < 4.78 is 7.25. The number of benzene rings is 3. The summed E-state index contributed by atoms with van der Waals surface area (Å²) in [5, 5.41) is 5.16. The molecule has 34 heavy (non-hydrogen) atoms. The maximum Gasteiger partial charge on any atom is 0.296 e. The number of nitrogens with zero attached hydrogens (tertiary/aromatic N) is 2. The number of hydrogen-bond acceptors (Lipinski definition) is 4. The molecule has 4 aromatic rings. The molecule has 174 valence electrons. The summed E-state index contributed by atoms with van der Waals surface area (Å²) in [6, 6.07) is 23.5. The summed E-state index contributed by atoms with van der Waals surface area (Å²) in [6.45, 7) is 2.78. The SMILES string of the molecule is CCCCCOc1c(C(=O)NCc2ccc3ccccc3c2)nc(-c2ccccc2)n(C)c1=O. The Hall–Kier alpha value is -3.93. The van der Waals surface area contributed by atoms with E-state index >= 15 is 0 Å². The quantitative estimate of drug-likeness (QED) is 0.357. The van der Waals surface area contributed by atoms with Crippen LogP contribution in [0.1, 0.15) is 42.2 Å². The summed E-state index contributed by atoms with van der Waals surface area (Å²) in [4.78, 5) is 31.0. The van der Waals surface area contributed by atoms with E-state index in [4.69, 9.17) is 4.74 Å². The fourth-order valence-corrected chi connectivity index (χ4v) is 3.85. The highest BCUT2D eigenvalue weighted by molar-refractivity contribution is 5.95. The second-order valence-corrected chi connectivity index (χ2v) is 8.26. The number of carbonyl (C=O) groups excluding carboxylic acids is 1. The number of carbonyl (C=O) groups is 1. The van der Waals surface area contributed by atoms with E-state index < -0.39 is 5.91 Å². The van der Waals surface area contributed by atoms with E-state index in [1.54, 1.807) is 7.05 Å². The molecule has 0 saturated carbocycles. The molecular formula is C28H29N3O3. The van der Waals surface area contributed by atoms with Crippen molar-refractivity contribution in [2.75, 3.05) is 6.61 Å². The monoisotopic (exact) mass is 455 g/mol. The number of aromatic nitrogens is 2. The van der Waals surface area contributed by atoms with Crippen molar-refractivity contribution in [3.05, 3.63) is 94.4 Å². The summed E-state index contributed by atoms with van der Waals surface area (Å²) in [5.41, 5.74) is 1.35. The van der Waals surface area contributed by atoms with Gasteiger partial charge in [-0.3, -0.25) is 14.2 Å². The number of fused-ring (bicyclic) bond motifs is 1. The molecule has 0 radical (unpaired) electrons. The molecule has 1 amide bonds. The van der Waals surface area contributed by atoms with Gasteiger partial charge in [-0.25, -0.2) is 4.98 Å². The first-order chi connectivity index (χ1) is 16.6. The van der Waals surface area contributed by atoms with Crippen LogP contribution in [0, 0.1) is 0 Å². The lowest BCUT2D eigenvalue weighted by molar-refractivity contribution is 0.0940. The summed E-state index contributed by atoms with van der Waals surface area (Å²) in [7, 11) is 1.65. The second-order valence-electron chi connectivity index (χ2n) is 8.26. The Labute approximate surface area is 199 Å². The molecule has 0 atom stereocenters. The molecule has 0 spiro atoms. The van der Waals surface area contributed by atoms with Crippen LogP contribution in [0.5, 0.6) is 5.75 Å². The average molecular weight is 456 g/mol. The lowest BCUT2D eigenvalue weighted by atomic mass is 10.1. The van der Waals surface area contributed by atoms with E-state index in [1.165, 1.54) is 4.57 Å². The van der Waals surface area contributed by atoms with Crippen LogP contribution >= 0.6 is 0 Å². The van der Waals surface area contributed by atoms with Crippen LogP contribution in [0.4, 0.5) is 0 Å². The lowest BCUT2D eigenvalue weighted by Gasteiger charge is -2.15. The van der Waals surface area contributed by atoms with Gasteiger partial charge in [-0.1, -0.05) is 86.5 Å². The van der Waals surface area contributed by atoms with Crippen LogP contribution in [-0.4, -0.2) is 22.1 Å². The molecular weight excluding hydrogens is 426 g/mol. The van der Waals surface area contributed by atoms with E-state index in [0.29, 0.717) is 19.0 Å². The molecule has 1 heterocycles. The van der Waals surface area contributed by atoms with Crippen molar-refractivity contribution < 1.29 is 9.53 Å². The van der Waals surface area contributed by atoms with Gasteiger partial charge >= 0.3 is 0 Å². The van der Waals surface area contributed by atoms with Crippen molar-refractivity contribution in [1.82, 2.24) is 14.9 Å². The maximum atomic E-state index is 13.2. The molecule has 0 aliphatic rings. The minimum absolute atomic E-state index is 0.00528. The van der Waals surface area contributed by atoms with Crippen LogP contribution in [0.15, 0.2) is 77.6 Å². The van der Waals surface area contributed by atoms with E-state index in [0.717, 1.165) is 41.2 Å². The normalized spacial score (nSPS) is 10.9. The second kappa shape index (κ2) is 10.8. The topological polar surface area (TPSA) is 73.2 Å². The van der Waals surface area contributed by atoms with Gasteiger partial charge in [0.25, 0.3) is 11.5 Å². The summed E-state index contributed by atoms with van der Waals surface area (Å²) >= 11 is 0. The van der Waals surface area contributed by atoms with Gasteiger partial charge in [-0.2, -0.15) is 0 Å². The number of ether oxygens (including phenoxy) is 1. The predicted octanol–water partition coefficient (Wildman–Crippen LogP) is 5.10. The molecule has 0 bridgehead atoms. The molecule has 0 saturated heterocycles. The van der Waals surface area contributed by atoms with Crippen LogP contribution in [0.25, 0.3) is 22.2 Å². The molecule has 6 nitrogen and oxygen atoms in total. The molecule has 0 unspecified atom stereocenters. The van der Waals surface area contributed by atoms with Crippen LogP contribution in [0.3, 0.4) is 0 Å². The van der Waals surface area contributed by atoms with Crippen LogP contribution in [0.2, 0.25) is 0 Å². The molecule has 4 rings (SSSR count). The van der Waals surface area contributed by atoms with E-state index in [2.05, 4.69) is 23.3 Å². The zero-order valence-electron chi connectivity index (χ0n) is 19.6. The van der Waals surface area contributed by atoms with Gasteiger partial charge in [0, 0.05) is 19.2 Å². The number of hydrogen-bond donors (Lipinski definition) is 1. The Morgan fingerprint density at radius 3 is 2.47 bits per heavy atom. The highest BCUT2D eigenvalue weighted by Crippen LogP contribution is 2.20. The zero-order chi connectivity index (χ0) is 23.9. The minimum Gasteiger partial charge on any atom is -0.486 e. The third kappa shape index (κ3) is 5.17. The van der Waals surface area contributed by atoms with Crippen LogP contribution in [-0.2, 0) is 13.6 Å². The molecule has 1 aromatic heterocycles. The van der Waals surface area contributed by atoms with Gasteiger partial charge in [0.05, 0.1) is 6.61 Å². The Bertz CT molecular complexity index is 1350.